The molecule has 1 N–H and O–H groups in total. The van der Waals surface area contributed by atoms with Crippen LogP contribution in [0.3, 0.4) is 0 Å². The Bertz CT molecular complexity index is 564. The Hall–Kier alpha value is -2.13. The second kappa shape index (κ2) is 6.87. The van der Waals surface area contributed by atoms with Crippen LogP contribution in [0.5, 0.6) is 5.75 Å². The van der Waals surface area contributed by atoms with Crippen molar-refractivity contribution < 1.29 is 5.11 Å². The maximum absolute atomic E-state index is 9.70. The molecule has 2 aromatic carbocycles. The average molecular weight is 268 g/mol. The lowest BCUT2D eigenvalue weighted by molar-refractivity contribution is 0.307. The highest BCUT2D eigenvalue weighted by Crippen LogP contribution is 2.18. The summed E-state index contributed by atoms with van der Waals surface area (Å²) in [6, 6.07) is 17.8. The van der Waals surface area contributed by atoms with Gasteiger partial charge in [-0.3, -0.25) is 4.99 Å². The molecule has 0 unspecified atom stereocenters. The van der Waals surface area contributed by atoms with E-state index in [4.69, 9.17) is 0 Å². The van der Waals surface area contributed by atoms with Crippen molar-refractivity contribution in [3.8, 4) is 5.75 Å². The molecular formula is C17H20N2O. The fourth-order valence-corrected chi connectivity index (χ4v) is 2.09. The van der Waals surface area contributed by atoms with Gasteiger partial charge < -0.3 is 10.0 Å². The van der Waals surface area contributed by atoms with Crippen LogP contribution in [0, 0.1) is 0 Å². The zero-order valence-electron chi connectivity index (χ0n) is 11.9. The normalized spacial score (nSPS) is 12.9. The lowest BCUT2D eigenvalue weighted by atomic mass is 10.1. The first-order valence-corrected chi connectivity index (χ1v) is 6.67. The van der Waals surface area contributed by atoms with Crippen molar-refractivity contribution >= 4 is 6.21 Å². The van der Waals surface area contributed by atoms with E-state index in [0.717, 1.165) is 5.56 Å². The summed E-state index contributed by atoms with van der Waals surface area (Å²) >= 11 is 0. The van der Waals surface area contributed by atoms with Crippen LogP contribution in [-0.4, -0.2) is 36.9 Å². The summed E-state index contributed by atoms with van der Waals surface area (Å²) < 4.78 is 0. The number of aliphatic imine (C=N–C) groups is 1. The van der Waals surface area contributed by atoms with Crippen LogP contribution in [0.15, 0.2) is 59.6 Å². The standard InChI is InChI=1S/C17H20N2O/c1-19(2)16(14-8-4-3-5-9-14)13-18-12-15-10-6-7-11-17(15)20/h3-12,16,20H,13H2,1-2H3/t16-/m1/s1. The molecular weight excluding hydrogens is 248 g/mol. The van der Waals surface area contributed by atoms with Gasteiger partial charge in [0.15, 0.2) is 0 Å². The highest BCUT2D eigenvalue weighted by molar-refractivity contribution is 5.83. The number of likely N-dealkylation sites (N-methyl/N-ethyl adjacent to an activating group) is 1. The average Bonchev–Trinajstić information content (AvgIpc) is 2.46. The largest absolute Gasteiger partial charge is 0.507 e. The minimum Gasteiger partial charge on any atom is -0.507 e. The lowest BCUT2D eigenvalue weighted by Crippen LogP contribution is -2.22. The van der Waals surface area contributed by atoms with Gasteiger partial charge >= 0.3 is 0 Å². The predicted octanol–water partition coefficient (Wildman–Crippen LogP) is 3.11. The first kappa shape index (κ1) is 14.3. The molecule has 2 aromatic rings. The van der Waals surface area contributed by atoms with Gasteiger partial charge in [0, 0.05) is 11.8 Å². The number of aromatic hydroxyl groups is 1. The van der Waals surface area contributed by atoms with Crippen LogP contribution >= 0.6 is 0 Å². The molecule has 2 rings (SSSR count). The van der Waals surface area contributed by atoms with Crippen LogP contribution < -0.4 is 0 Å². The highest BCUT2D eigenvalue weighted by Gasteiger charge is 2.12. The molecule has 0 aromatic heterocycles. The Labute approximate surface area is 120 Å². The van der Waals surface area contributed by atoms with Crippen molar-refractivity contribution in [1.82, 2.24) is 4.90 Å². The van der Waals surface area contributed by atoms with Crippen molar-refractivity contribution in [1.29, 1.82) is 0 Å². The second-order valence-electron chi connectivity index (χ2n) is 4.94. The Balaban J connectivity index is 2.09. The topological polar surface area (TPSA) is 35.8 Å². The molecule has 104 valence electrons. The van der Waals surface area contributed by atoms with Crippen molar-refractivity contribution in [3.05, 3.63) is 65.7 Å². The van der Waals surface area contributed by atoms with E-state index < -0.39 is 0 Å². The number of phenolic OH excluding ortho intramolecular Hbond substituents is 1. The summed E-state index contributed by atoms with van der Waals surface area (Å²) in [5.41, 5.74) is 1.99. The van der Waals surface area contributed by atoms with Crippen LogP contribution in [0.4, 0.5) is 0 Å². The third kappa shape index (κ3) is 3.68. The number of para-hydroxylation sites is 1. The zero-order chi connectivity index (χ0) is 14.4. The zero-order valence-corrected chi connectivity index (χ0v) is 11.9. The van der Waals surface area contributed by atoms with E-state index in [9.17, 15) is 5.11 Å². The van der Waals surface area contributed by atoms with Crippen molar-refractivity contribution in [2.75, 3.05) is 20.6 Å². The number of phenols is 1. The quantitative estimate of drug-likeness (QED) is 0.846. The van der Waals surface area contributed by atoms with Crippen molar-refractivity contribution in [2.45, 2.75) is 6.04 Å². The van der Waals surface area contributed by atoms with E-state index >= 15 is 0 Å². The first-order valence-electron chi connectivity index (χ1n) is 6.67. The Morgan fingerprint density at radius 2 is 1.70 bits per heavy atom. The minimum absolute atomic E-state index is 0.235. The monoisotopic (exact) mass is 268 g/mol. The third-order valence-electron chi connectivity index (χ3n) is 3.25. The summed E-state index contributed by atoms with van der Waals surface area (Å²) in [6.07, 6.45) is 1.73. The SMILES string of the molecule is CN(C)[C@H](CN=Cc1ccccc1O)c1ccccc1. The molecule has 3 nitrogen and oxygen atoms in total. The maximum Gasteiger partial charge on any atom is 0.124 e. The van der Waals surface area contributed by atoms with E-state index in [1.165, 1.54) is 5.56 Å². The number of nitrogens with zero attached hydrogens (tertiary/aromatic N) is 2. The molecule has 1 atom stereocenters. The molecule has 0 spiro atoms. The summed E-state index contributed by atoms with van der Waals surface area (Å²) in [5.74, 6) is 0.261. The van der Waals surface area contributed by atoms with E-state index in [2.05, 4.69) is 22.0 Å². The molecule has 0 radical (unpaired) electrons. The summed E-state index contributed by atoms with van der Waals surface area (Å²) in [6.45, 7) is 0.658. The second-order valence-corrected chi connectivity index (χ2v) is 4.94. The summed E-state index contributed by atoms with van der Waals surface area (Å²) in [4.78, 5) is 6.62. The van der Waals surface area contributed by atoms with E-state index in [1.807, 2.05) is 44.4 Å². The number of rotatable bonds is 5. The van der Waals surface area contributed by atoms with E-state index in [-0.39, 0.29) is 11.8 Å². The fraction of sp³-hybridized carbons (Fsp3) is 0.235. The van der Waals surface area contributed by atoms with Crippen LogP contribution in [-0.2, 0) is 0 Å². The number of benzene rings is 2. The molecule has 0 fully saturated rings. The van der Waals surface area contributed by atoms with Gasteiger partial charge in [-0.05, 0) is 31.8 Å². The van der Waals surface area contributed by atoms with Gasteiger partial charge in [0.1, 0.15) is 5.75 Å². The molecule has 0 amide bonds. The van der Waals surface area contributed by atoms with E-state index in [1.54, 1.807) is 18.3 Å². The Morgan fingerprint density at radius 1 is 1.05 bits per heavy atom. The van der Waals surface area contributed by atoms with Crippen LogP contribution in [0.2, 0.25) is 0 Å². The van der Waals surface area contributed by atoms with Crippen LogP contribution in [0.1, 0.15) is 17.2 Å². The van der Waals surface area contributed by atoms with Gasteiger partial charge in [-0.2, -0.15) is 0 Å². The smallest absolute Gasteiger partial charge is 0.124 e. The van der Waals surface area contributed by atoms with Crippen molar-refractivity contribution in [3.63, 3.8) is 0 Å². The van der Waals surface area contributed by atoms with Crippen LogP contribution in [0.25, 0.3) is 0 Å². The molecule has 0 aliphatic heterocycles. The lowest BCUT2D eigenvalue weighted by Gasteiger charge is -2.22. The third-order valence-corrected chi connectivity index (χ3v) is 3.25. The summed E-state index contributed by atoms with van der Waals surface area (Å²) in [5, 5.41) is 9.70. The summed E-state index contributed by atoms with van der Waals surface area (Å²) in [7, 11) is 4.10. The Kier molecular flexibility index (Phi) is 4.91. The van der Waals surface area contributed by atoms with Gasteiger partial charge in [0.05, 0.1) is 12.6 Å². The molecule has 0 heterocycles. The molecule has 0 bridgehead atoms. The Morgan fingerprint density at radius 3 is 2.35 bits per heavy atom. The maximum atomic E-state index is 9.70. The van der Waals surface area contributed by atoms with Gasteiger partial charge in [-0.1, -0.05) is 42.5 Å². The molecule has 0 saturated heterocycles. The first-order chi connectivity index (χ1) is 9.68. The van der Waals surface area contributed by atoms with E-state index in [0.29, 0.717) is 6.54 Å². The predicted molar refractivity (Wildman–Crippen MR) is 83.4 cm³/mol. The van der Waals surface area contributed by atoms with Gasteiger partial charge in [-0.25, -0.2) is 0 Å². The van der Waals surface area contributed by atoms with Gasteiger partial charge in [0.25, 0.3) is 0 Å². The minimum atomic E-state index is 0.235. The molecule has 0 saturated carbocycles. The number of hydrogen-bond acceptors (Lipinski definition) is 3. The fourth-order valence-electron chi connectivity index (χ4n) is 2.09. The molecule has 20 heavy (non-hydrogen) atoms. The molecule has 0 aliphatic carbocycles. The van der Waals surface area contributed by atoms with Gasteiger partial charge in [-0.15, -0.1) is 0 Å². The highest BCUT2D eigenvalue weighted by atomic mass is 16.3. The van der Waals surface area contributed by atoms with Gasteiger partial charge in [0.2, 0.25) is 0 Å². The van der Waals surface area contributed by atoms with Crippen molar-refractivity contribution in [2.24, 2.45) is 4.99 Å². The molecule has 3 heteroatoms. The molecule has 0 aliphatic rings. The number of hydrogen-bond donors (Lipinski definition) is 1.